The highest BCUT2D eigenvalue weighted by Crippen LogP contribution is 2.38. The number of rotatable bonds is 4. The molecule has 0 aliphatic carbocycles. The van der Waals surface area contributed by atoms with Crippen molar-refractivity contribution in [2.24, 2.45) is 0 Å². The molecule has 48 heavy (non-hydrogen) atoms. The molecule has 0 saturated heterocycles. The summed E-state index contributed by atoms with van der Waals surface area (Å²) in [5.74, 6) is 0. The summed E-state index contributed by atoms with van der Waals surface area (Å²) in [5, 5.41) is 7.57. The van der Waals surface area contributed by atoms with E-state index in [-0.39, 0.29) is 0 Å². The highest BCUT2D eigenvalue weighted by molar-refractivity contribution is 6.12. The number of hydrogen-bond acceptors (Lipinski definition) is 0. The van der Waals surface area contributed by atoms with Crippen molar-refractivity contribution in [2.45, 2.75) is 0 Å². The smallest absolute Gasteiger partial charge is 0.0547 e. The maximum Gasteiger partial charge on any atom is 0.0547 e. The van der Waals surface area contributed by atoms with E-state index in [1.807, 2.05) is 0 Å². The maximum atomic E-state index is 2.44. The molecule has 0 spiro atoms. The fourth-order valence-corrected chi connectivity index (χ4v) is 7.68. The standard InChI is InChI=1S/C46H30N2/c1-2-13-36(14-3-1)47-43-18-8-7-17-39(43)41-29-34(26-28-45(41)47)31-21-23-32(24-22-31)35-25-27-40-38-16-6-9-19-44(38)48(46(40)30-35)42-20-10-12-33-11-4-5-15-37(33)42/h1-30H. The number of fused-ring (bicyclic) bond motifs is 7. The van der Waals surface area contributed by atoms with Crippen molar-refractivity contribution in [2.75, 3.05) is 0 Å². The van der Waals surface area contributed by atoms with Crippen LogP contribution < -0.4 is 0 Å². The summed E-state index contributed by atoms with van der Waals surface area (Å²) in [5.41, 5.74) is 12.1. The largest absolute Gasteiger partial charge is 0.309 e. The number of nitrogens with zero attached hydrogens (tertiary/aromatic N) is 2. The molecule has 0 radical (unpaired) electrons. The molecule has 0 unspecified atom stereocenters. The Hall–Kier alpha value is -6.38. The van der Waals surface area contributed by atoms with E-state index >= 15 is 0 Å². The summed E-state index contributed by atoms with van der Waals surface area (Å²) in [6, 6.07) is 66.2. The molecular formula is C46H30N2. The third kappa shape index (κ3) is 4.06. The molecule has 10 rings (SSSR count). The molecule has 2 heterocycles. The number of para-hydroxylation sites is 3. The quantitative estimate of drug-likeness (QED) is 0.188. The Balaban J connectivity index is 1.09. The number of aromatic nitrogens is 2. The Bertz CT molecular complexity index is 2810. The van der Waals surface area contributed by atoms with Crippen molar-refractivity contribution < 1.29 is 0 Å². The summed E-state index contributed by atoms with van der Waals surface area (Å²) in [6.45, 7) is 0. The molecular weight excluding hydrogens is 581 g/mol. The zero-order valence-electron chi connectivity index (χ0n) is 26.2. The maximum absolute atomic E-state index is 2.44. The van der Waals surface area contributed by atoms with E-state index in [2.05, 4.69) is 191 Å². The minimum Gasteiger partial charge on any atom is -0.309 e. The van der Waals surface area contributed by atoms with Crippen molar-refractivity contribution in [3.63, 3.8) is 0 Å². The Kier molecular flexibility index (Phi) is 5.91. The van der Waals surface area contributed by atoms with Crippen molar-refractivity contribution in [1.29, 1.82) is 0 Å². The van der Waals surface area contributed by atoms with E-state index in [9.17, 15) is 0 Å². The molecule has 0 aliphatic rings. The monoisotopic (exact) mass is 610 g/mol. The molecule has 2 nitrogen and oxygen atoms in total. The van der Waals surface area contributed by atoms with Crippen molar-refractivity contribution >= 4 is 54.4 Å². The van der Waals surface area contributed by atoms with Gasteiger partial charge < -0.3 is 9.13 Å². The minimum absolute atomic E-state index is 1.18. The van der Waals surface area contributed by atoms with Gasteiger partial charge in [-0.05, 0) is 76.2 Å². The molecule has 0 bridgehead atoms. The molecule has 2 heteroatoms. The van der Waals surface area contributed by atoms with Crippen LogP contribution in [-0.4, -0.2) is 9.13 Å². The van der Waals surface area contributed by atoms with E-state index in [4.69, 9.17) is 0 Å². The summed E-state index contributed by atoms with van der Waals surface area (Å²) in [7, 11) is 0. The highest BCUT2D eigenvalue weighted by Gasteiger charge is 2.16. The zero-order valence-corrected chi connectivity index (χ0v) is 26.2. The van der Waals surface area contributed by atoms with Gasteiger partial charge in [-0.3, -0.25) is 0 Å². The minimum atomic E-state index is 1.18. The van der Waals surface area contributed by atoms with Gasteiger partial charge in [-0.25, -0.2) is 0 Å². The normalized spacial score (nSPS) is 11.8. The van der Waals surface area contributed by atoms with E-state index in [0.717, 1.165) is 0 Å². The first kappa shape index (κ1) is 26.8. The highest BCUT2D eigenvalue weighted by atomic mass is 15.0. The van der Waals surface area contributed by atoms with Gasteiger partial charge in [0.1, 0.15) is 0 Å². The van der Waals surface area contributed by atoms with Gasteiger partial charge in [0.05, 0.1) is 27.8 Å². The summed E-state index contributed by atoms with van der Waals surface area (Å²) in [4.78, 5) is 0. The third-order valence-electron chi connectivity index (χ3n) is 9.92. The van der Waals surface area contributed by atoms with Gasteiger partial charge in [0.2, 0.25) is 0 Å². The fraction of sp³-hybridized carbons (Fsp3) is 0. The Morgan fingerprint density at radius 2 is 0.792 bits per heavy atom. The molecule has 0 N–H and O–H groups in total. The van der Waals surface area contributed by atoms with Gasteiger partial charge in [-0.1, -0.05) is 133 Å². The summed E-state index contributed by atoms with van der Waals surface area (Å²) < 4.78 is 4.80. The first-order valence-electron chi connectivity index (χ1n) is 16.5. The predicted molar refractivity (Wildman–Crippen MR) is 203 cm³/mol. The summed E-state index contributed by atoms with van der Waals surface area (Å²) in [6.07, 6.45) is 0. The van der Waals surface area contributed by atoms with E-state index in [1.165, 1.54) is 88.0 Å². The molecule has 2 aromatic heterocycles. The molecule has 0 atom stereocenters. The molecule has 0 aliphatic heterocycles. The van der Waals surface area contributed by atoms with Crippen molar-refractivity contribution in [3.05, 3.63) is 182 Å². The van der Waals surface area contributed by atoms with Gasteiger partial charge in [0.15, 0.2) is 0 Å². The number of benzene rings is 8. The van der Waals surface area contributed by atoms with Crippen LogP contribution in [0.3, 0.4) is 0 Å². The van der Waals surface area contributed by atoms with Gasteiger partial charge in [-0.2, -0.15) is 0 Å². The lowest BCUT2D eigenvalue weighted by Crippen LogP contribution is -1.95. The van der Waals surface area contributed by atoms with Crippen molar-refractivity contribution in [1.82, 2.24) is 9.13 Å². The Morgan fingerprint density at radius 3 is 1.56 bits per heavy atom. The molecule has 0 saturated carbocycles. The second kappa shape index (κ2) is 10.6. The van der Waals surface area contributed by atoms with Gasteiger partial charge in [-0.15, -0.1) is 0 Å². The van der Waals surface area contributed by atoms with Crippen LogP contribution in [0, 0.1) is 0 Å². The molecule has 0 amide bonds. The predicted octanol–water partition coefficient (Wildman–Crippen LogP) is 12.4. The van der Waals surface area contributed by atoms with E-state index < -0.39 is 0 Å². The van der Waals surface area contributed by atoms with Gasteiger partial charge in [0.25, 0.3) is 0 Å². The third-order valence-corrected chi connectivity index (χ3v) is 9.92. The Labute approximate surface area is 278 Å². The van der Waals surface area contributed by atoms with Crippen LogP contribution in [-0.2, 0) is 0 Å². The van der Waals surface area contributed by atoms with Crippen LogP contribution in [0.25, 0.3) is 88.0 Å². The van der Waals surface area contributed by atoms with Crippen LogP contribution in [0.4, 0.5) is 0 Å². The lowest BCUT2D eigenvalue weighted by molar-refractivity contribution is 1.18. The first-order valence-corrected chi connectivity index (χ1v) is 16.5. The van der Waals surface area contributed by atoms with Gasteiger partial charge >= 0.3 is 0 Å². The molecule has 224 valence electrons. The SMILES string of the molecule is c1ccc(-n2c3ccccc3c3cc(-c4ccc(-c5ccc6c7ccccc7n(-c7cccc8ccccc78)c6c5)cc4)ccc32)cc1. The lowest BCUT2D eigenvalue weighted by atomic mass is 9.98. The van der Waals surface area contributed by atoms with Crippen LogP contribution in [0.15, 0.2) is 182 Å². The van der Waals surface area contributed by atoms with Crippen LogP contribution in [0.5, 0.6) is 0 Å². The average Bonchev–Trinajstić information content (AvgIpc) is 3.67. The molecule has 10 aromatic rings. The first-order chi connectivity index (χ1) is 23.8. The lowest BCUT2D eigenvalue weighted by Gasteiger charge is -2.12. The van der Waals surface area contributed by atoms with Gasteiger partial charge in [0, 0.05) is 32.6 Å². The number of hydrogen-bond donors (Lipinski definition) is 0. The average molecular weight is 611 g/mol. The second-order valence-electron chi connectivity index (χ2n) is 12.6. The van der Waals surface area contributed by atoms with Crippen LogP contribution in [0.2, 0.25) is 0 Å². The molecule has 8 aromatic carbocycles. The van der Waals surface area contributed by atoms with E-state index in [0.29, 0.717) is 0 Å². The topological polar surface area (TPSA) is 9.86 Å². The molecule has 0 fully saturated rings. The van der Waals surface area contributed by atoms with Crippen LogP contribution >= 0.6 is 0 Å². The Morgan fingerprint density at radius 1 is 0.271 bits per heavy atom. The van der Waals surface area contributed by atoms with E-state index in [1.54, 1.807) is 0 Å². The second-order valence-corrected chi connectivity index (χ2v) is 12.6. The van der Waals surface area contributed by atoms with Crippen molar-refractivity contribution in [3.8, 4) is 33.6 Å². The summed E-state index contributed by atoms with van der Waals surface area (Å²) >= 11 is 0. The fourth-order valence-electron chi connectivity index (χ4n) is 7.68. The van der Waals surface area contributed by atoms with Crippen LogP contribution in [0.1, 0.15) is 0 Å². The zero-order chi connectivity index (χ0) is 31.6.